The van der Waals surface area contributed by atoms with Crippen molar-refractivity contribution in [3.63, 3.8) is 0 Å². The smallest absolute Gasteiger partial charge is 0.367 e. The number of hydrogen-bond donors (Lipinski definition) is 0. The van der Waals surface area contributed by atoms with Gasteiger partial charge in [0.25, 0.3) is 0 Å². The Morgan fingerprint density at radius 3 is 1.67 bits per heavy atom. The number of ether oxygens (including phenoxy) is 1. The summed E-state index contributed by atoms with van der Waals surface area (Å²) in [5, 5.41) is -4.04. The molecule has 0 bridgehead atoms. The van der Waals surface area contributed by atoms with Gasteiger partial charge in [0.05, 0.1) is 13.2 Å². The summed E-state index contributed by atoms with van der Waals surface area (Å²) in [6, 6.07) is 30.5. The topological polar surface area (TPSA) is 66.4 Å². The fraction of sp³-hybridized carbons (Fsp3) is 0.400. The van der Waals surface area contributed by atoms with Gasteiger partial charge in [-0.05, 0) is 42.1 Å². The third kappa shape index (κ3) is 10.3. The van der Waals surface area contributed by atoms with Gasteiger partial charge in [-0.1, -0.05) is 97.4 Å². The highest BCUT2D eigenvalue weighted by Gasteiger charge is 2.47. The average Bonchev–Trinajstić information content (AvgIpc) is 2.94. The first-order valence-corrected chi connectivity index (χ1v) is 16.0. The molecule has 1 saturated carbocycles. The molecule has 3 aromatic rings. The van der Waals surface area contributed by atoms with Crippen molar-refractivity contribution in [2.75, 3.05) is 6.61 Å². The molecule has 1 unspecified atom stereocenters. The molecule has 0 spiro atoms. The predicted octanol–water partition coefficient (Wildman–Crippen LogP) is 7.02. The zero-order valence-electron chi connectivity index (χ0n) is 21.8. The van der Waals surface area contributed by atoms with Crippen LogP contribution in [0.15, 0.2) is 91.0 Å². The molecule has 1 fully saturated rings. The Morgan fingerprint density at radius 2 is 1.23 bits per heavy atom. The highest BCUT2D eigenvalue weighted by molar-refractivity contribution is 7.96. The van der Waals surface area contributed by atoms with Gasteiger partial charge < -0.3 is 9.29 Å². The standard InChI is InChI=1S/C20H25S.C10H11F3O4S/c1-4-10-18(11-5-1)16-21(20-14-8-3-9-15-20)17-19-12-6-2-7-13-19;11-9(10(12,13)18(14,15)16)7-17-6-8-4-2-1-3-5-8/h1-2,4-7,10-13,20H,3,8-9,14-17H2;1-5,9H,6-7H2,(H,14,15,16)/q+1;/p-1. The van der Waals surface area contributed by atoms with Crippen LogP contribution in [0.4, 0.5) is 13.2 Å². The minimum absolute atomic E-state index is 0.157. The first kappa shape index (κ1) is 31.2. The molecule has 0 N–H and O–H groups in total. The Balaban J connectivity index is 0.000000219. The Labute approximate surface area is 232 Å². The van der Waals surface area contributed by atoms with Gasteiger partial charge in [-0.15, -0.1) is 0 Å². The molecule has 9 heteroatoms. The van der Waals surface area contributed by atoms with Crippen molar-refractivity contribution in [3.05, 3.63) is 108 Å². The van der Waals surface area contributed by atoms with Crippen LogP contribution in [0.3, 0.4) is 0 Å². The molecule has 0 amide bonds. The quantitative estimate of drug-likeness (QED) is 0.181. The predicted molar refractivity (Wildman–Crippen MR) is 150 cm³/mol. The molecule has 1 aliphatic carbocycles. The normalized spacial score (nSPS) is 15.4. The maximum absolute atomic E-state index is 12.9. The lowest BCUT2D eigenvalue weighted by atomic mass is 10.0. The van der Waals surface area contributed by atoms with Gasteiger partial charge in [-0.25, -0.2) is 12.8 Å². The molecule has 3 aromatic carbocycles. The van der Waals surface area contributed by atoms with Gasteiger partial charge in [0, 0.05) is 11.1 Å². The lowest BCUT2D eigenvalue weighted by Crippen LogP contribution is -2.41. The molecule has 39 heavy (non-hydrogen) atoms. The summed E-state index contributed by atoms with van der Waals surface area (Å²) in [6.45, 7) is -1.33. The Morgan fingerprint density at radius 1 is 0.795 bits per heavy atom. The number of alkyl halides is 3. The van der Waals surface area contributed by atoms with E-state index in [0.717, 1.165) is 5.25 Å². The molecule has 212 valence electrons. The van der Waals surface area contributed by atoms with Crippen LogP contribution in [0, 0.1) is 0 Å². The maximum atomic E-state index is 12.9. The van der Waals surface area contributed by atoms with Crippen molar-refractivity contribution < 1.29 is 30.9 Å². The SMILES string of the molecule is O=S(=O)([O-])C(F)(F)C(F)COCc1ccccc1.c1ccc(C[S+](Cc2ccccc2)C2CCCCC2)cc1. The second-order valence-corrected chi connectivity index (χ2v) is 13.3. The molecule has 0 radical (unpaired) electrons. The van der Waals surface area contributed by atoms with Gasteiger partial charge in [-0.3, -0.25) is 0 Å². The molecule has 4 rings (SSSR count). The van der Waals surface area contributed by atoms with Crippen LogP contribution in [0.2, 0.25) is 0 Å². The fourth-order valence-corrected chi connectivity index (χ4v) is 7.57. The monoisotopic (exact) mass is 580 g/mol. The number of benzene rings is 3. The fourth-order valence-electron chi connectivity index (χ4n) is 4.37. The second kappa shape index (κ2) is 15.5. The minimum Gasteiger partial charge on any atom is -0.743 e. The molecular formula is C30H35F3O4S2. The highest BCUT2D eigenvalue weighted by atomic mass is 32.2. The van der Waals surface area contributed by atoms with Gasteiger partial charge in [0.1, 0.15) is 16.8 Å². The third-order valence-electron chi connectivity index (χ3n) is 6.49. The number of hydrogen-bond acceptors (Lipinski definition) is 4. The van der Waals surface area contributed by atoms with Crippen LogP contribution in [-0.2, 0) is 43.9 Å². The Hall–Kier alpha value is -2.33. The van der Waals surface area contributed by atoms with Crippen molar-refractivity contribution in [2.45, 2.75) is 66.9 Å². The van der Waals surface area contributed by atoms with Crippen LogP contribution >= 0.6 is 0 Å². The van der Waals surface area contributed by atoms with Crippen molar-refractivity contribution in [1.82, 2.24) is 0 Å². The molecule has 0 aliphatic heterocycles. The third-order valence-corrected chi connectivity index (χ3v) is 10.2. The second-order valence-electron chi connectivity index (χ2n) is 9.54. The van der Waals surface area contributed by atoms with Gasteiger partial charge in [-0.2, -0.15) is 8.78 Å². The molecule has 0 heterocycles. The molecule has 1 atom stereocenters. The van der Waals surface area contributed by atoms with E-state index in [-0.39, 0.29) is 6.61 Å². The summed E-state index contributed by atoms with van der Waals surface area (Å²) in [6.07, 6.45) is 4.04. The van der Waals surface area contributed by atoms with E-state index in [1.807, 2.05) is 0 Å². The van der Waals surface area contributed by atoms with Gasteiger partial charge in [0.2, 0.25) is 6.17 Å². The highest BCUT2D eigenvalue weighted by Crippen LogP contribution is 2.30. The first-order chi connectivity index (χ1) is 18.7. The van der Waals surface area contributed by atoms with Crippen molar-refractivity contribution >= 4 is 21.0 Å². The molecule has 0 aromatic heterocycles. The van der Waals surface area contributed by atoms with Crippen LogP contribution in [0.1, 0.15) is 48.8 Å². The van der Waals surface area contributed by atoms with E-state index in [9.17, 15) is 26.1 Å². The van der Waals surface area contributed by atoms with Crippen LogP contribution in [0.5, 0.6) is 0 Å². The van der Waals surface area contributed by atoms with E-state index >= 15 is 0 Å². The number of halogens is 3. The maximum Gasteiger partial charge on any atom is 0.367 e. The average molecular weight is 581 g/mol. The van der Waals surface area contributed by atoms with E-state index in [1.165, 1.54) is 54.7 Å². The molecule has 4 nitrogen and oxygen atoms in total. The molecule has 0 saturated heterocycles. The van der Waals surface area contributed by atoms with Gasteiger partial charge >= 0.3 is 5.25 Å². The number of rotatable bonds is 11. The van der Waals surface area contributed by atoms with Gasteiger partial charge in [0.15, 0.2) is 10.1 Å². The van der Waals surface area contributed by atoms with Crippen molar-refractivity contribution in [3.8, 4) is 0 Å². The van der Waals surface area contributed by atoms with E-state index in [4.69, 9.17) is 0 Å². The van der Waals surface area contributed by atoms with E-state index in [0.29, 0.717) is 16.5 Å². The van der Waals surface area contributed by atoms with E-state index in [1.54, 1.807) is 30.3 Å². The molecular weight excluding hydrogens is 545 g/mol. The minimum atomic E-state index is -6.03. The van der Waals surface area contributed by atoms with Crippen LogP contribution in [0.25, 0.3) is 0 Å². The van der Waals surface area contributed by atoms with Crippen molar-refractivity contribution in [2.24, 2.45) is 0 Å². The summed E-state index contributed by atoms with van der Waals surface area (Å²) < 4.78 is 73.3. The first-order valence-electron chi connectivity index (χ1n) is 13.0. The lowest BCUT2D eigenvalue weighted by molar-refractivity contribution is -0.0489. The Bertz CT molecular complexity index is 1150. The Kier molecular flexibility index (Phi) is 12.4. The zero-order valence-corrected chi connectivity index (χ0v) is 23.4. The zero-order chi connectivity index (χ0) is 28.1. The largest absolute Gasteiger partial charge is 0.743 e. The summed E-state index contributed by atoms with van der Waals surface area (Å²) in [5.74, 6) is 2.53. The summed E-state index contributed by atoms with van der Waals surface area (Å²) in [4.78, 5) is 0. The lowest BCUT2D eigenvalue weighted by Gasteiger charge is -2.23. The van der Waals surface area contributed by atoms with E-state index < -0.39 is 28.2 Å². The van der Waals surface area contributed by atoms with Crippen LogP contribution < -0.4 is 0 Å². The summed E-state index contributed by atoms with van der Waals surface area (Å²) in [5.41, 5.74) is 3.64. The molecule has 1 aliphatic rings. The summed E-state index contributed by atoms with van der Waals surface area (Å²) >= 11 is 0. The summed E-state index contributed by atoms with van der Waals surface area (Å²) in [7, 11) is -5.55. The van der Waals surface area contributed by atoms with Crippen molar-refractivity contribution in [1.29, 1.82) is 0 Å². The van der Waals surface area contributed by atoms with E-state index in [2.05, 4.69) is 65.4 Å². The van der Waals surface area contributed by atoms with Crippen LogP contribution in [-0.4, -0.2) is 36.3 Å².